The van der Waals surface area contributed by atoms with Crippen LogP contribution in [-0.4, -0.2) is 16.5 Å². The minimum Gasteiger partial charge on any atom is -0.448 e. The third-order valence-corrected chi connectivity index (χ3v) is 0.0781. The summed E-state index contributed by atoms with van der Waals surface area (Å²) in [5.41, 5.74) is 0. The molecule has 0 unspecified atom stereocenters. The van der Waals surface area contributed by atoms with Gasteiger partial charge in [0.2, 0.25) is 0 Å². The molecule has 0 fully saturated rings. The first kappa shape index (κ1) is 9.31. The molecule has 0 atom stereocenters. The molecule has 0 rings (SSSR count). The van der Waals surface area contributed by atoms with E-state index in [1.54, 1.807) is 0 Å². The second-order valence-corrected chi connectivity index (χ2v) is 0.357. The Morgan fingerprint density at radius 2 is 1.83 bits per heavy atom. The summed E-state index contributed by atoms with van der Waals surface area (Å²) in [7, 11) is 0. The number of carboxylic acid groups (broad SMARTS) is 1. The van der Waals surface area contributed by atoms with Gasteiger partial charge in [0.25, 0.3) is 0 Å². The topological polar surface area (TPSA) is 66.8 Å². The average Bonchev–Trinajstić information content (AvgIpc) is 1.38. The van der Waals surface area contributed by atoms with Gasteiger partial charge in [-0.15, -0.1) is 0 Å². The Balaban J connectivity index is 0. The number of carbonyl (C=O) groups is 1. The number of hydrogen-bond acceptors (Lipinski definition) is 3. The van der Waals surface area contributed by atoms with Crippen molar-refractivity contribution < 1.29 is 40.5 Å². The third kappa shape index (κ3) is 9.09. The van der Waals surface area contributed by atoms with Gasteiger partial charge < -0.3 is 5.11 Å². The van der Waals surface area contributed by atoms with Crippen LogP contribution in [0.1, 0.15) is 0 Å². The molecule has 0 aromatic carbocycles. The van der Waals surface area contributed by atoms with E-state index in [9.17, 15) is 0 Å². The molecule has 4 nitrogen and oxygen atoms in total. The van der Waals surface area contributed by atoms with Crippen molar-refractivity contribution in [2.75, 3.05) is 0 Å². The van der Waals surface area contributed by atoms with Crippen LogP contribution in [-0.2, 0) is 25.3 Å². The van der Waals surface area contributed by atoms with Crippen LogP contribution >= 0.6 is 0 Å². The first-order chi connectivity index (χ1) is 2.27. The standard InChI is InChI=1S/CH2O4.Pd/c2-1(3)5-4;/h4H,(H,2,3);. The molecule has 0 heterocycles. The fraction of sp³-hybridized carbons (Fsp3) is 0. The summed E-state index contributed by atoms with van der Waals surface area (Å²) in [4.78, 5) is 11.6. The monoisotopic (exact) mass is 184 g/mol. The molecule has 0 spiro atoms. The van der Waals surface area contributed by atoms with E-state index in [1.165, 1.54) is 0 Å². The average molecular weight is 184 g/mol. The zero-order valence-electron chi connectivity index (χ0n) is 2.53. The van der Waals surface area contributed by atoms with Crippen LogP contribution in [0.4, 0.5) is 4.79 Å². The minimum atomic E-state index is -1.69. The second kappa shape index (κ2) is 4.89. The van der Waals surface area contributed by atoms with E-state index in [4.69, 9.17) is 15.2 Å². The summed E-state index contributed by atoms with van der Waals surface area (Å²) in [5, 5.41) is 14.3. The normalized spacial score (nSPS) is 5.50. The van der Waals surface area contributed by atoms with Gasteiger partial charge >= 0.3 is 6.16 Å². The Kier molecular flexibility index (Phi) is 7.59. The minimum absolute atomic E-state index is 0. The Labute approximate surface area is 47.3 Å². The van der Waals surface area contributed by atoms with E-state index in [2.05, 4.69) is 4.89 Å². The van der Waals surface area contributed by atoms with Crippen molar-refractivity contribution in [1.29, 1.82) is 0 Å². The summed E-state index contributed by atoms with van der Waals surface area (Å²) in [6.45, 7) is 0. The summed E-state index contributed by atoms with van der Waals surface area (Å²) in [6, 6.07) is 0. The molecule has 0 saturated heterocycles. The van der Waals surface area contributed by atoms with Gasteiger partial charge in [-0.3, -0.25) is 4.89 Å². The van der Waals surface area contributed by atoms with Gasteiger partial charge in [0.05, 0.1) is 0 Å². The fourth-order valence-corrected chi connectivity index (χ4v) is 0. The van der Waals surface area contributed by atoms with Crippen LogP contribution in [0.25, 0.3) is 0 Å². The second-order valence-electron chi connectivity index (χ2n) is 0.357. The molecule has 5 heteroatoms. The van der Waals surface area contributed by atoms with Gasteiger partial charge in [0.1, 0.15) is 0 Å². The van der Waals surface area contributed by atoms with E-state index in [0.717, 1.165) is 0 Å². The van der Waals surface area contributed by atoms with Crippen molar-refractivity contribution in [1.82, 2.24) is 0 Å². The summed E-state index contributed by atoms with van der Waals surface area (Å²) in [5.74, 6) is 0. The Morgan fingerprint density at radius 1 is 1.67 bits per heavy atom. The summed E-state index contributed by atoms with van der Waals surface area (Å²) >= 11 is 0. The van der Waals surface area contributed by atoms with Gasteiger partial charge in [-0.2, -0.15) is 5.26 Å². The molecular weight excluding hydrogens is 182 g/mol. The predicted molar refractivity (Wildman–Crippen MR) is 11.7 cm³/mol. The third-order valence-electron chi connectivity index (χ3n) is 0.0781. The van der Waals surface area contributed by atoms with Gasteiger partial charge in [-0.25, -0.2) is 4.79 Å². The van der Waals surface area contributed by atoms with Crippen molar-refractivity contribution in [3.05, 3.63) is 0 Å². The van der Waals surface area contributed by atoms with Crippen LogP contribution < -0.4 is 0 Å². The van der Waals surface area contributed by atoms with Crippen molar-refractivity contribution in [3.63, 3.8) is 0 Å². The smallest absolute Gasteiger partial charge is 0.448 e. The van der Waals surface area contributed by atoms with E-state index < -0.39 is 6.16 Å². The molecule has 0 radical (unpaired) electrons. The van der Waals surface area contributed by atoms with Gasteiger partial charge in [0.15, 0.2) is 0 Å². The number of rotatable bonds is 0. The first-order valence-electron chi connectivity index (χ1n) is 0.814. The van der Waals surface area contributed by atoms with E-state index in [1.807, 2.05) is 0 Å². The molecule has 0 aliphatic carbocycles. The first-order valence-corrected chi connectivity index (χ1v) is 0.814. The fourth-order valence-electron chi connectivity index (χ4n) is 0. The molecule has 40 valence electrons. The van der Waals surface area contributed by atoms with Gasteiger partial charge in [-0.05, 0) is 0 Å². The van der Waals surface area contributed by atoms with Crippen molar-refractivity contribution in [3.8, 4) is 0 Å². The quantitative estimate of drug-likeness (QED) is 0.320. The van der Waals surface area contributed by atoms with Crippen molar-refractivity contribution >= 4 is 6.16 Å². The Bertz CT molecular complexity index is 42.8. The van der Waals surface area contributed by atoms with Crippen molar-refractivity contribution in [2.45, 2.75) is 0 Å². The number of hydrogen-bond donors (Lipinski definition) is 2. The van der Waals surface area contributed by atoms with E-state index in [0.29, 0.717) is 0 Å². The van der Waals surface area contributed by atoms with Gasteiger partial charge in [0, 0.05) is 20.4 Å². The van der Waals surface area contributed by atoms with Crippen LogP contribution in [0.3, 0.4) is 0 Å². The molecule has 0 aromatic rings. The molecule has 0 amide bonds. The zero-order valence-corrected chi connectivity index (χ0v) is 4.08. The van der Waals surface area contributed by atoms with Crippen molar-refractivity contribution in [2.24, 2.45) is 0 Å². The van der Waals surface area contributed by atoms with Crippen LogP contribution in [0, 0.1) is 0 Å². The largest absolute Gasteiger partial charge is 0.537 e. The van der Waals surface area contributed by atoms with Crippen LogP contribution in [0.2, 0.25) is 0 Å². The summed E-state index contributed by atoms with van der Waals surface area (Å²) in [6.07, 6.45) is -1.69. The van der Waals surface area contributed by atoms with E-state index >= 15 is 0 Å². The molecule has 6 heavy (non-hydrogen) atoms. The Morgan fingerprint density at radius 3 is 1.83 bits per heavy atom. The predicted octanol–water partition coefficient (Wildman–Crippen LogP) is 0.151. The zero-order chi connectivity index (χ0) is 4.28. The molecule has 0 aliphatic heterocycles. The van der Waals surface area contributed by atoms with E-state index in [-0.39, 0.29) is 20.4 Å². The maximum absolute atomic E-state index is 8.90. The SMILES string of the molecule is O=C(O)OO.[Pd]. The maximum atomic E-state index is 8.90. The maximum Gasteiger partial charge on any atom is 0.537 e. The molecular formula is CH2O4Pd. The molecule has 0 aromatic heterocycles. The summed E-state index contributed by atoms with van der Waals surface area (Å²) < 4.78 is 0. The van der Waals surface area contributed by atoms with Gasteiger partial charge in [-0.1, -0.05) is 0 Å². The van der Waals surface area contributed by atoms with Crippen LogP contribution in [0.15, 0.2) is 0 Å². The Hall–Kier alpha value is -0.108. The molecule has 0 aliphatic rings. The molecule has 0 bridgehead atoms. The molecule has 2 N–H and O–H groups in total. The molecule has 0 saturated carbocycles. The van der Waals surface area contributed by atoms with Crippen LogP contribution in [0.5, 0.6) is 0 Å².